The van der Waals surface area contributed by atoms with Crippen LogP contribution in [-0.2, 0) is 11.3 Å². The second-order valence-electron chi connectivity index (χ2n) is 7.73. The van der Waals surface area contributed by atoms with Gasteiger partial charge in [0.1, 0.15) is 0 Å². The molecule has 0 atom stereocenters. The van der Waals surface area contributed by atoms with Gasteiger partial charge in [-0.05, 0) is 68.6 Å². The molecule has 2 aliphatic rings. The maximum absolute atomic E-state index is 6.11. The Morgan fingerprint density at radius 2 is 1.93 bits per heavy atom. The molecular formula is C22H35N3O3. The molecule has 0 radical (unpaired) electrons. The van der Waals surface area contributed by atoms with Crippen LogP contribution in [0.15, 0.2) is 23.2 Å². The highest BCUT2D eigenvalue weighted by Crippen LogP contribution is 2.32. The Balaban J connectivity index is 1.39. The summed E-state index contributed by atoms with van der Waals surface area (Å²) in [5.74, 6) is 3.26. The quantitative estimate of drug-likeness (QED) is 0.345. The Morgan fingerprint density at radius 1 is 1.11 bits per heavy atom. The number of methoxy groups -OCH3 is 1. The van der Waals surface area contributed by atoms with Crippen LogP contribution >= 0.6 is 0 Å². The van der Waals surface area contributed by atoms with Gasteiger partial charge in [-0.2, -0.15) is 0 Å². The van der Waals surface area contributed by atoms with Crippen LogP contribution < -0.4 is 20.1 Å². The Hall–Kier alpha value is -1.95. The molecule has 3 rings (SSSR count). The zero-order valence-corrected chi connectivity index (χ0v) is 17.3. The number of ether oxygens (including phenoxy) is 3. The molecule has 6 nitrogen and oxygen atoms in total. The minimum Gasteiger partial charge on any atom is -0.493 e. The fourth-order valence-electron chi connectivity index (χ4n) is 3.43. The average molecular weight is 390 g/mol. The van der Waals surface area contributed by atoms with E-state index >= 15 is 0 Å². The predicted molar refractivity (Wildman–Crippen MR) is 112 cm³/mol. The van der Waals surface area contributed by atoms with Crippen LogP contribution in [0.25, 0.3) is 0 Å². The zero-order valence-electron chi connectivity index (χ0n) is 17.3. The van der Waals surface area contributed by atoms with Crippen molar-refractivity contribution in [2.45, 2.75) is 57.6 Å². The highest BCUT2D eigenvalue weighted by molar-refractivity contribution is 5.79. The first-order valence-electron chi connectivity index (χ1n) is 10.6. The molecule has 0 saturated heterocycles. The summed E-state index contributed by atoms with van der Waals surface area (Å²) in [6.45, 7) is 3.26. The topological polar surface area (TPSA) is 64.1 Å². The van der Waals surface area contributed by atoms with E-state index in [0.717, 1.165) is 68.0 Å². The van der Waals surface area contributed by atoms with Gasteiger partial charge in [0.05, 0.1) is 13.2 Å². The van der Waals surface area contributed by atoms with E-state index in [1.54, 1.807) is 14.2 Å². The molecule has 0 amide bonds. The lowest BCUT2D eigenvalue weighted by Crippen LogP contribution is -2.37. The van der Waals surface area contributed by atoms with Crippen LogP contribution in [-0.4, -0.2) is 46.0 Å². The van der Waals surface area contributed by atoms with E-state index in [1.165, 1.54) is 25.7 Å². The van der Waals surface area contributed by atoms with Crippen molar-refractivity contribution in [3.63, 3.8) is 0 Å². The minimum atomic E-state index is 0.328. The van der Waals surface area contributed by atoms with Crippen molar-refractivity contribution >= 4 is 5.96 Å². The second kappa shape index (κ2) is 11.1. The lowest BCUT2D eigenvalue weighted by Gasteiger charge is -2.17. The van der Waals surface area contributed by atoms with Gasteiger partial charge in [-0.3, -0.25) is 4.99 Å². The number of hydrogen-bond acceptors (Lipinski definition) is 4. The summed E-state index contributed by atoms with van der Waals surface area (Å²) in [5.41, 5.74) is 1.13. The van der Waals surface area contributed by atoms with Crippen molar-refractivity contribution < 1.29 is 14.2 Å². The molecule has 1 aromatic carbocycles. The van der Waals surface area contributed by atoms with Gasteiger partial charge in [-0.25, -0.2) is 0 Å². The Kier molecular flexibility index (Phi) is 8.27. The molecule has 0 aliphatic heterocycles. The summed E-state index contributed by atoms with van der Waals surface area (Å²) in [6, 6.07) is 6.14. The number of guanidine groups is 1. The maximum atomic E-state index is 6.11. The van der Waals surface area contributed by atoms with Gasteiger partial charge in [0.15, 0.2) is 17.5 Å². The lowest BCUT2D eigenvalue weighted by atomic mass is 10.2. The van der Waals surface area contributed by atoms with Gasteiger partial charge < -0.3 is 24.8 Å². The van der Waals surface area contributed by atoms with Crippen LogP contribution in [0, 0.1) is 5.92 Å². The number of benzene rings is 1. The molecular weight excluding hydrogens is 354 g/mol. The molecule has 0 aromatic heterocycles. The van der Waals surface area contributed by atoms with Gasteiger partial charge in [0.25, 0.3) is 0 Å². The molecule has 2 N–H and O–H groups in total. The molecule has 0 unspecified atom stereocenters. The third-order valence-corrected chi connectivity index (χ3v) is 5.32. The van der Waals surface area contributed by atoms with Crippen molar-refractivity contribution in [3.05, 3.63) is 23.8 Å². The van der Waals surface area contributed by atoms with Crippen molar-refractivity contribution in [1.82, 2.24) is 10.6 Å². The Morgan fingerprint density at radius 3 is 2.64 bits per heavy atom. The van der Waals surface area contributed by atoms with Crippen molar-refractivity contribution in [1.29, 1.82) is 0 Å². The molecule has 0 spiro atoms. The van der Waals surface area contributed by atoms with Crippen LogP contribution in [0.1, 0.15) is 50.5 Å². The normalized spacial score (nSPS) is 17.6. The predicted octanol–water partition coefficient (Wildman–Crippen LogP) is 3.50. The second-order valence-corrected chi connectivity index (χ2v) is 7.73. The molecule has 28 heavy (non-hydrogen) atoms. The Bertz CT molecular complexity index is 625. The molecule has 2 fully saturated rings. The zero-order chi connectivity index (χ0) is 19.6. The van der Waals surface area contributed by atoms with Gasteiger partial charge >= 0.3 is 0 Å². The minimum absolute atomic E-state index is 0.328. The molecule has 6 heteroatoms. The number of nitrogens with zero attached hydrogens (tertiary/aromatic N) is 1. The third-order valence-electron chi connectivity index (χ3n) is 5.32. The third kappa shape index (κ3) is 6.89. The molecule has 0 bridgehead atoms. The van der Waals surface area contributed by atoms with E-state index in [4.69, 9.17) is 14.2 Å². The van der Waals surface area contributed by atoms with E-state index in [-0.39, 0.29) is 0 Å². The fourth-order valence-corrected chi connectivity index (χ4v) is 3.43. The Labute approximate surface area is 169 Å². The summed E-state index contributed by atoms with van der Waals surface area (Å²) < 4.78 is 17.3. The number of nitrogens with one attached hydrogen (secondary N) is 2. The van der Waals surface area contributed by atoms with Crippen LogP contribution in [0.2, 0.25) is 0 Å². The molecule has 2 aliphatic carbocycles. The van der Waals surface area contributed by atoms with E-state index in [9.17, 15) is 0 Å². The largest absolute Gasteiger partial charge is 0.493 e. The van der Waals surface area contributed by atoms with Gasteiger partial charge in [-0.15, -0.1) is 0 Å². The van der Waals surface area contributed by atoms with Gasteiger partial charge in [0, 0.05) is 33.4 Å². The number of rotatable bonds is 11. The first-order chi connectivity index (χ1) is 13.8. The van der Waals surface area contributed by atoms with Crippen molar-refractivity contribution in [2.24, 2.45) is 10.9 Å². The first kappa shape index (κ1) is 20.8. The van der Waals surface area contributed by atoms with Crippen LogP contribution in [0.3, 0.4) is 0 Å². The highest BCUT2D eigenvalue weighted by atomic mass is 16.5. The summed E-state index contributed by atoms with van der Waals surface area (Å²) in [7, 11) is 3.48. The summed E-state index contributed by atoms with van der Waals surface area (Å²) in [6.07, 6.45) is 8.78. The van der Waals surface area contributed by atoms with E-state index in [0.29, 0.717) is 12.6 Å². The first-order valence-corrected chi connectivity index (χ1v) is 10.6. The van der Waals surface area contributed by atoms with Gasteiger partial charge in [0.2, 0.25) is 0 Å². The van der Waals surface area contributed by atoms with Crippen LogP contribution in [0.5, 0.6) is 11.5 Å². The summed E-state index contributed by atoms with van der Waals surface area (Å²) in [4.78, 5) is 4.29. The highest BCUT2D eigenvalue weighted by Gasteiger charge is 2.21. The smallest absolute Gasteiger partial charge is 0.191 e. The molecule has 0 heterocycles. The fraction of sp³-hybridized carbons (Fsp3) is 0.682. The number of hydrogen-bond donors (Lipinski definition) is 2. The standard InChI is InChI=1S/C22H35N3O3/c1-23-22(24-12-5-13-27-16-17-8-9-17)25-15-18-10-11-20(21(14-18)26-2)28-19-6-3-4-7-19/h10-11,14,17,19H,3-9,12-13,15-16H2,1-2H3,(H2,23,24,25). The van der Waals surface area contributed by atoms with E-state index in [2.05, 4.69) is 21.7 Å². The average Bonchev–Trinajstić information content (AvgIpc) is 3.41. The van der Waals surface area contributed by atoms with Crippen molar-refractivity contribution in [3.8, 4) is 11.5 Å². The molecule has 156 valence electrons. The van der Waals surface area contributed by atoms with Crippen molar-refractivity contribution in [2.75, 3.05) is 33.9 Å². The maximum Gasteiger partial charge on any atom is 0.191 e. The van der Waals surface area contributed by atoms with Crippen LogP contribution in [0.4, 0.5) is 0 Å². The van der Waals surface area contributed by atoms with E-state index in [1.807, 2.05) is 12.1 Å². The monoisotopic (exact) mass is 389 g/mol. The SMILES string of the molecule is CN=C(NCCCOCC1CC1)NCc1ccc(OC2CCCC2)c(OC)c1. The van der Waals surface area contributed by atoms with Gasteiger partial charge in [-0.1, -0.05) is 6.07 Å². The lowest BCUT2D eigenvalue weighted by molar-refractivity contribution is 0.123. The summed E-state index contributed by atoms with van der Waals surface area (Å²) >= 11 is 0. The number of aliphatic imine (C=N–C) groups is 1. The molecule has 1 aromatic rings. The molecule has 2 saturated carbocycles. The van der Waals surface area contributed by atoms with E-state index < -0.39 is 0 Å². The summed E-state index contributed by atoms with van der Waals surface area (Å²) in [5, 5.41) is 6.69.